The predicted molar refractivity (Wildman–Crippen MR) is 47.5 cm³/mol. The largest absolute Gasteiger partial charge is 0.382 e. The zero-order valence-electron chi connectivity index (χ0n) is 6.76. The minimum atomic E-state index is 0.537. The first-order valence-corrected chi connectivity index (χ1v) is 3.73. The molecule has 0 aliphatic rings. The lowest BCUT2D eigenvalue weighted by Crippen LogP contribution is -1.88. The van der Waals surface area contributed by atoms with Crippen LogP contribution in [0.15, 0.2) is 18.3 Å². The molecule has 4 nitrogen and oxygen atoms in total. The summed E-state index contributed by atoms with van der Waals surface area (Å²) in [5.74, 6) is 0.537. The van der Waals surface area contributed by atoms with Crippen LogP contribution in [-0.4, -0.2) is 15.2 Å². The minimum Gasteiger partial charge on any atom is -0.382 e. The molecule has 0 aliphatic heterocycles. The van der Waals surface area contributed by atoms with Gasteiger partial charge < -0.3 is 10.7 Å². The summed E-state index contributed by atoms with van der Waals surface area (Å²) in [7, 11) is 0. The summed E-state index contributed by atoms with van der Waals surface area (Å²) >= 11 is 0. The van der Waals surface area contributed by atoms with Crippen molar-refractivity contribution in [1.29, 1.82) is 0 Å². The van der Waals surface area contributed by atoms with Crippen LogP contribution in [0.4, 0.5) is 5.82 Å². The van der Waals surface area contributed by atoms with Crippen molar-refractivity contribution in [3.05, 3.63) is 24.0 Å². The van der Waals surface area contributed by atoms with Gasteiger partial charge in [-0.2, -0.15) is 5.10 Å². The van der Waals surface area contributed by atoms with E-state index in [0.717, 1.165) is 17.0 Å². The van der Waals surface area contributed by atoms with Crippen molar-refractivity contribution in [1.82, 2.24) is 15.2 Å². The number of nitrogens with zero attached hydrogens (tertiary/aromatic N) is 1. The molecule has 0 saturated carbocycles. The molecular weight excluding hydrogens is 152 g/mol. The minimum absolute atomic E-state index is 0.537. The summed E-state index contributed by atoms with van der Waals surface area (Å²) in [6, 6.07) is 3.90. The number of hydrogen-bond donors (Lipinski definition) is 3. The third-order valence-electron chi connectivity index (χ3n) is 1.84. The third-order valence-corrected chi connectivity index (χ3v) is 1.84. The fourth-order valence-electron chi connectivity index (χ4n) is 1.27. The number of aromatic amines is 2. The second-order valence-electron chi connectivity index (χ2n) is 2.69. The fourth-order valence-corrected chi connectivity index (χ4v) is 1.27. The maximum atomic E-state index is 5.67. The molecule has 0 atom stereocenters. The van der Waals surface area contributed by atoms with E-state index in [1.54, 1.807) is 0 Å². The molecule has 2 rings (SSSR count). The Hall–Kier alpha value is -1.71. The Morgan fingerprint density at radius 2 is 2.33 bits per heavy atom. The highest BCUT2D eigenvalue weighted by Gasteiger charge is 2.09. The third kappa shape index (κ3) is 0.887. The Balaban J connectivity index is 2.60. The molecule has 0 aromatic carbocycles. The summed E-state index contributed by atoms with van der Waals surface area (Å²) in [6.07, 6.45) is 1.86. The fraction of sp³-hybridized carbons (Fsp3) is 0.125. The first-order chi connectivity index (χ1) is 5.79. The topological polar surface area (TPSA) is 70.5 Å². The second kappa shape index (κ2) is 2.41. The van der Waals surface area contributed by atoms with E-state index in [9.17, 15) is 0 Å². The van der Waals surface area contributed by atoms with Crippen molar-refractivity contribution in [3.8, 4) is 11.3 Å². The molecule has 0 spiro atoms. The molecule has 0 bridgehead atoms. The van der Waals surface area contributed by atoms with Gasteiger partial charge in [-0.3, -0.25) is 5.10 Å². The molecule has 2 aromatic heterocycles. The Morgan fingerprint density at radius 3 is 2.83 bits per heavy atom. The van der Waals surface area contributed by atoms with Crippen LogP contribution in [0.25, 0.3) is 11.3 Å². The van der Waals surface area contributed by atoms with E-state index < -0.39 is 0 Å². The van der Waals surface area contributed by atoms with Gasteiger partial charge in [0.1, 0.15) is 0 Å². The van der Waals surface area contributed by atoms with E-state index in [2.05, 4.69) is 15.2 Å². The van der Waals surface area contributed by atoms with Gasteiger partial charge in [0.05, 0.1) is 11.3 Å². The highest BCUT2D eigenvalue weighted by molar-refractivity contribution is 5.73. The number of rotatable bonds is 1. The van der Waals surface area contributed by atoms with Gasteiger partial charge >= 0.3 is 0 Å². The van der Waals surface area contributed by atoms with Gasteiger partial charge in [-0.15, -0.1) is 0 Å². The van der Waals surface area contributed by atoms with Gasteiger partial charge in [0, 0.05) is 11.9 Å². The van der Waals surface area contributed by atoms with E-state index in [0.29, 0.717) is 5.82 Å². The first kappa shape index (κ1) is 6.97. The monoisotopic (exact) mass is 162 g/mol. The molecule has 0 fully saturated rings. The average molecular weight is 162 g/mol. The lowest BCUT2D eigenvalue weighted by atomic mass is 10.2. The quantitative estimate of drug-likeness (QED) is 0.591. The van der Waals surface area contributed by atoms with Crippen LogP contribution < -0.4 is 5.73 Å². The van der Waals surface area contributed by atoms with Crippen molar-refractivity contribution in [2.24, 2.45) is 0 Å². The molecule has 0 amide bonds. The van der Waals surface area contributed by atoms with Crippen molar-refractivity contribution in [2.75, 3.05) is 5.73 Å². The van der Waals surface area contributed by atoms with Crippen LogP contribution in [0.2, 0.25) is 0 Å². The summed E-state index contributed by atoms with van der Waals surface area (Å²) in [6.45, 7) is 1.94. The zero-order chi connectivity index (χ0) is 8.55. The number of aromatic nitrogens is 3. The molecule has 0 unspecified atom stereocenters. The van der Waals surface area contributed by atoms with Gasteiger partial charge in [-0.05, 0) is 19.1 Å². The number of nitrogens with two attached hydrogens (primary N) is 1. The van der Waals surface area contributed by atoms with E-state index in [1.165, 1.54) is 0 Å². The van der Waals surface area contributed by atoms with E-state index >= 15 is 0 Å². The van der Waals surface area contributed by atoms with Crippen molar-refractivity contribution < 1.29 is 0 Å². The predicted octanol–water partition coefficient (Wildman–Crippen LogP) is 1.30. The Bertz CT molecular complexity index is 352. The standard InChI is InChI=1S/C8H10N4/c1-5-7(8(9)12-11-5)6-3-2-4-10-6/h2-4,10H,1H3,(H3,9,11,12). The van der Waals surface area contributed by atoms with Crippen molar-refractivity contribution in [3.63, 3.8) is 0 Å². The summed E-state index contributed by atoms with van der Waals surface area (Å²) in [5.41, 5.74) is 8.61. The van der Waals surface area contributed by atoms with E-state index in [-0.39, 0.29) is 0 Å². The van der Waals surface area contributed by atoms with Crippen LogP contribution in [0.3, 0.4) is 0 Å². The number of anilines is 1. The average Bonchev–Trinajstić information content (AvgIpc) is 2.61. The van der Waals surface area contributed by atoms with Crippen molar-refractivity contribution in [2.45, 2.75) is 6.92 Å². The molecule has 4 heteroatoms. The smallest absolute Gasteiger partial charge is 0.154 e. The second-order valence-corrected chi connectivity index (χ2v) is 2.69. The van der Waals surface area contributed by atoms with Crippen molar-refractivity contribution >= 4 is 5.82 Å². The highest BCUT2D eigenvalue weighted by atomic mass is 15.2. The lowest BCUT2D eigenvalue weighted by Gasteiger charge is -1.95. The summed E-state index contributed by atoms with van der Waals surface area (Å²) in [5, 5.41) is 6.74. The molecule has 62 valence electrons. The molecule has 4 N–H and O–H groups in total. The van der Waals surface area contributed by atoms with Gasteiger partial charge in [-0.1, -0.05) is 0 Å². The number of nitrogens with one attached hydrogen (secondary N) is 2. The van der Waals surface area contributed by atoms with Crippen LogP contribution in [0.1, 0.15) is 5.69 Å². The number of aryl methyl sites for hydroxylation is 1. The van der Waals surface area contributed by atoms with Crippen LogP contribution >= 0.6 is 0 Å². The molecule has 2 aromatic rings. The zero-order valence-corrected chi connectivity index (χ0v) is 6.76. The Morgan fingerprint density at radius 1 is 1.50 bits per heavy atom. The number of nitrogen functional groups attached to an aromatic ring is 1. The van der Waals surface area contributed by atoms with Crippen LogP contribution in [-0.2, 0) is 0 Å². The summed E-state index contributed by atoms with van der Waals surface area (Å²) < 4.78 is 0. The maximum absolute atomic E-state index is 5.67. The van der Waals surface area contributed by atoms with Gasteiger partial charge in [0.25, 0.3) is 0 Å². The maximum Gasteiger partial charge on any atom is 0.154 e. The number of H-pyrrole nitrogens is 2. The highest BCUT2D eigenvalue weighted by Crippen LogP contribution is 2.24. The van der Waals surface area contributed by atoms with Gasteiger partial charge in [0.2, 0.25) is 0 Å². The number of hydrogen-bond acceptors (Lipinski definition) is 2. The molecule has 0 saturated heterocycles. The normalized spacial score (nSPS) is 10.4. The molecular formula is C8H10N4. The molecule has 0 aliphatic carbocycles. The first-order valence-electron chi connectivity index (χ1n) is 3.73. The summed E-state index contributed by atoms with van der Waals surface area (Å²) in [4.78, 5) is 3.08. The molecule has 0 radical (unpaired) electrons. The molecule has 12 heavy (non-hydrogen) atoms. The SMILES string of the molecule is Cc1[nH]nc(N)c1-c1ccc[nH]1. The Kier molecular flexibility index (Phi) is 1.40. The molecule has 2 heterocycles. The van der Waals surface area contributed by atoms with E-state index in [4.69, 9.17) is 5.73 Å². The van der Waals surface area contributed by atoms with E-state index in [1.807, 2.05) is 25.3 Å². The lowest BCUT2D eigenvalue weighted by molar-refractivity contribution is 1.05. The van der Waals surface area contributed by atoms with Gasteiger partial charge in [0.15, 0.2) is 5.82 Å². The van der Waals surface area contributed by atoms with Crippen LogP contribution in [0, 0.1) is 6.92 Å². The van der Waals surface area contributed by atoms with Crippen LogP contribution in [0.5, 0.6) is 0 Å². The van der Waals surface area contributed by atoms with Gasteiger partial charge in [-0.25, -0.2) is 0 Å². The Labute approximate surface area is 69.8 Å².